The van der Waals surface area contributed by atoms with E-state index in [0.717, 1.165) is 19.4 Å². The first-order valence-corrected chi connectivity index (χ1v) is 6.38. The van der Waals surface area contributed by atoms with E-state index < -0.39 is 4.92 Å². The highest BCUT2D eigenvalue weighted by Gasteiger charge is 2.33. The molecule has 0 N–H and O–H groups in total. The molecule has 2 atom stereocenters. The Hall–Kier alpha value is -0.860. The van der Waals surface area contributed by atoms with Gasteiger partial charge in [0.05, 0.1) is 3.92 Å². The van der Waals surface area contributed by atoms with E-state index in [0.29, 0.717) is 9.94 Å². The first-order chi connectivity index (χ1) is 7.61. The van der Waals surface area contributed by atoms with Crippen LogP contribution in [0.5, 0.6) is 6.01 Å². The van der Waals surface area contributed by atoms with E-state index in [4.69, 9.17) is 4.74 Å². The second-order valence-corrected chi connectivity index (χ2v) is 5.35. The van der Waals surface area contributed by atoms with Crippen molar-refractivity contribution in [3.8, 4) is 6.01 Å². The summed E-state index contributed by atoms with van der Waals surface area (Å²) in [5, 5.41) is 10.6. The molecule has 0 radical (unpaired) electrons. The number of imidazole rings is 1. The van der Waals surface area contributed by atoms with Gasteiger partial charge in [-0.25, -0.2) is 0 Å². The van der Waals surface area contributed by atoms with Crippen molar-refractivity contribution in [2.24, 2.45) is 0 Å². The van der Waals surface area contributed by atoms with E-state index >= 15 is 0 Å². The molecule has 0 bridgehead atoms. The summed E-state index contributed by atoms with van der Waals surface area (Å²) < 4.78 is 7.70. The predicted molar refractivity (Wildman–Crippen MR) is 66.0 cm³/mol. The number of hydrogen-bond acceptors (Lipinski definition) is 4. The highest BCUT2D eigenvalue weighted by Crippen LogP contribution is 2.29. The minimum absolute atomic E-state index is 0.111. The molecule has 1 aliphatic rings. The molecule has 0 spiro atoms. The van der Waals surface area contributed by atoms with Crippen LogP contribution in [0.25, 0.3) is 0 Å². The third-order valence-electron chi connectivity index (χ3n) is 2.52. The van der Waals surface area contributed by atoms with Gasteiger partial charge in [0.2, 0.25) is 0 Å². The summed E-state index contributed by atoms with van der Waals surface area (Å²) in [5.41, 5.74) is 0. The minimum Gasteiger partial charge on any atom is -0.441 e. The zero-order valence-electron chi connectivity index (χ0n) is 8.80. The number of ether oxygens (including phenoxy) is 1. The van der Waals surface area contributed by atoms with Crippen LogP contribution in [0.4, 0.5) is 5.82 Å². The maximum absolute atomic E-state index is 10.6. The number of nitrogens with zero attached hydrogens (tertiary/aromatic N) is 3. The van der Waals surface area contributed by atoms with Gasteiger partial charge in [-0.3, -0.25) is 4.57 Å². The summed E-state index contributed by atoms with van der Waals surface area (Å²) in [5.74, 6) is -0.143. The number of nitro groups is 1. The fourth-order valence-electron chi connectivity index (χ4n) is 1.74. The number of hydrogen-bond donors (Lipinski definition) is 0. The topological polar surface area (TPSA) is 70.2 Å². The predicted octanol–water partition coefficient (Wildman–Crippen LogP) is 2.16. The fraction of sp³-hybridized carbons (Fsp3) is 0.667. The van der Waals surface area contributed by atoms with E-state index in [2.05, 4.69) is 34.5 Å². The van der Waals surface area contributed by atoms with Crippen molar-refractivity contribution in [1.29, 1.82) is 0 Å². The Morgan fingerprint density at radius 2 is 2.56 bits per heavy atom. The SMILES string of the molecule is CCC[C@H]1Oc2nc([N+](=O)[O-])cn2CC1I. The molecular formula is C9H12IN3O3. The molecule has 0 fully saturated rings. The van der Waals surface area contributed by atoms with Crippen molar-refractivity contribution < 1.29 is 9.66 Å². The average Bonchev–Trinajstić information content (AvgIpc) is 2.61. The van der Waals surface area contributed by atoms with Crippen LogP contribution in [0.15, 0.2) is 6.20 Å². The van der Waals surface area contributed by atoms with Crippen molar-refractivity contribution >= 4 is 28.4 Å². The highest BCUT2D eigenvalue weighted by atomic mass is 127. The van der Waals surface area contributed by atoms with E-state index in [-0.39, 0.29) is 11.9 Å². The molecule has 88 valence electrons. The van der Waals surface area contributed by atoms with Crippen LogP contribution in [0, 0.1) is 10.1 Å². The van der Waals surface area contributed by atoms with Crippen molar-refractivity contribution in [3.05, 3.63) is 16.3 Å². The molecule has 0 saturated carbocycles. The maximum atomic E-state index is 10.6. The molecule has 0 amide bonds. The third kappa shape index (κ3) is 2.13. The number of alkyl halides is 1. The van der Waals surface area contributed by atoms with Crippen molar-refractivity contribution in [2.45, 2.75) is 36.3 Å². The number of halogens is 1. The summed E-state index contributed by atoms with van der Waals surface area (Å²) in [6.45, 7) is 2.82. The van der Waals surface area contributed by atoms with Gasteiger partial charge < -0.3 is 14.9 Å². The van der Waals surface area contributed by atoms with E-state index in [1.54, 1.807) is 4.57 Å². The molecule has 0 aromatic carbocycles. The zero-order valence-corrected chi connectivity index (χ0v) is 11.0. The quantitative estimate of drug-likeness (QED) is 0.367. The lowest BCUT2D eigenvalue weighted by Crippen LogP contribution is -2.35. The highest BCUT2D eigenvalue weighted by molar-refractivity contribution is 14.1. The normalized spacial score (nSPS) is 23.6. The van der Waals surface area contributed by atoms with Gasteiger partial charge in [0, 0.05) is 11.5 Å². The molecule has 2 rings (SSSR count). The van der Waals surface area contributed by atoms with Gasteiger partial charge in [-0.2, -0.15) is 0 Å². The summed E-state index contributed by atoms with van der Waals surface area (Å²) in [6.07, 6.45) is 3.53. The molecule has 0 saturated heterocycles. The van der Waals surface area contributed by atoms with Crippen LogP contribution in [-0.2, 0) is 6.54 Å². The van der Waals surface area contributed by atoms with Gasteiger partial charge >= 0.3 is 11.8 Å². The molecule has 16 heavy (non-hydrogen) atoms. The Labute approximate surface area is 106 Å². The van der Waals surface area contributed by atoms with Gasteiger partial charge in [-0.1, -0.05) is 35.9 Å². The van der Waals surface area contributed by atoms with Crippen molar-refractivity contribution in [1.82, 2.24) is 9.55 Å². The smallest absolute Gasteiger partial charge is 0.414 e. The zero-order chi connectivity index (χ0) is 11.7. The second kappa shape index (κ2) is 4.56. The Kier molecular flexibility index (Phi) is 3.31. The lowest BCUT2D eigenvalue weighted by atomic mass is 10.1. The summed E-state index contributed by atoms with van der Waals surface area (Å²) in [7, 11) is 0. The van der Waals surface area contributed by atoms with Crippen LogP contribution >= 0.6 is 22.6 Å². The molecule has 6 nitrogen and oxygen atoms in total. The van der Waals surface area contributed by atoms with Crippen molar-refractivity contribution in [2.75, 3.05) is 0 Å². The van der Waals surface area contributed by atoms with Gasteiger partial charge in [0.15, 0.2) is 0 Å². The summed E-state index contributed by atoms with van der Waals surface area (Å²) >= 11 is 2.32. The molecule has 1 aliphatic heterocycles. The Bertz CT molecular complexity index is 407. The lowest BCUT2D eigenvalue weighted by molar-refractivity contribution is -0.389. The standard InChI is InChI=1S/C9H12IN3O3/c1-2-3-7-6(10)4-12-5-8(13(14)15)11-9(12)16-7/h5-7H,2-4H2,1H3/t6?,7-/m1/s1. The first kappa shape index (κ1) is 11.6. The minimum atomic E-state index is -0.494. The van der Waals surface area contributed by atoms with Crippen LogP contribution in [0.3, 0.4) is 0 Å². The van der Waals surface area contributed by atoms with E-state index in [1.165, 1.54) is 6.20 Å². The summed E-state index contributed by atoms with van der Waals surface area (Å²) in [6, 6.07) is 0.373. The molecule has 1 aromatic heterocycles. The number of fused-ring (bicyclic) bond motifs is 1. The molecule has 1 unspecified atom stereocenters. The van der Waals surface area contributed by atoms with Gasteiger partial charge in [-0.05, 0) is 11.3 Å². The fourth-order valence-corrected chi connectivity index (χ4v) is 2.67. The lowest BCUT2D eigenvalue weighted by Gasteiger charge is -2.26. The largest absolute Gasteiger partial charge is 0.441 e. The number of rotatable bonds is 3. The summed E-state index contributed by atoms with van der Waals surface area (Å²) in [4.78, 5) is 13.9. The maximum Gasteiger partial charge on any atom is 0.414 e. The Morgan fingerprint density at radius 1 is 1.81 bits per heavy atom. The van der Waals surface area contributed by atoms with Crippen LogP contribution in [-0.4, -0.2) is 24.5 Å². The molecule has 0 aliphatic carbocycles. The molecule has 7 heteroatoms. The Balaban J connectivity index is 2.22. The average molecular weight is 337 g/mol. The molecule has 2 heterocycles. The van der Waals surface area contributed by atoms with Gasteiger partial charge in [0.1, 0.15) is 12.3 Å². The van der Waals surface area contributed by atoms with Crippen LogP contribution in [0.1, 0.15) is 19.8 Å². The number of aromatic nitrogens is 2. The van der Waals surface area contributed by atoms with E-state index in [1.807, 2.05) is 0 Å². The first-order valence-electron chi connectivity index (χ1n) is 5.14. The van der Waals surface area contributed by atoms with Crippen molar-refractivity contribution in [3.63, 3.8) is 0 Å². The van der Waals surface area contributed by atoms with Crippen LogP contribution in [0.2, 0.25) is 0 Å². The van der Waals surface area contributed by atoms with E-state index in [9.17, 15) is 10.1 Å². The van der Waals surface area contributed by atoms with Gasteiger partial charge in [-0.15, -0.1) is 0 Å². The third-order valence-corrected chi connectivity index (χ3v) is 3.71. The van der Waals surface area contributed by atoms with Crippen LogP contribution < -0.4 is 4.74 Å². The molecule has 1 aromatic rings. The monoisotopic (exact) mass is 337 g/mol. The molecular weight excluding hydrogens is 325 g/mol. The second-order valence-electron chi connectivity index (χ2n) is 3.75. The Morgan fingerprint density at radius 3 is 3.19 bits per heavy atom. The van der Waals surface area contributed by atoms with Gasteiger partial charge in [0.25, 0.3) is 0 Å².